The number of carbonyl (C=O) groups is 1. The number of aromatic nitrogens is 2. The summed E-state index contributed by atoms with van der Waals surface area (Å²) in [6.45, 7) is 0. The van der Waals surface area contributed by atoms with E-state index in [2.05, 4.69) is 4.98 Å². The normalized spacial score (nSPS) is 11.3. The molecule has 0 bridgehead atoms. The third-order valence-electron chi connectivity index (χ3n) is 3.39. The number of carbonyl (C=O) groups excluding carboxylic acids is 1. The van der Waals surface area contributed by atoms with Gasteiger partial charge in [0.25, 0.3) is 15.9 Å². The lowest BCUT2D eigenvalue weighted by Crippen LogP contribution is -2.42. The minimum Gasteiger partial charge on any atom is -0.295 e. The highest BCUT2D eigenvalue weighted by Crippen LogP contribution is 2.15. The number of sulfonamides is 1. The van der Waals surface area contributed by atoms with Crippen LogP contribution in [0.15, 0.2) is 66.0 Å². The maximum atomic E-state index is 13.6. The van der Waals surface area contributed by atoms with Crippen molar-refractivity contribution in [3.8, 4) is 5.69 Å². The van der Waals surface area contributed by atoms with Crippen LogP contribution in [0.5, 0.6) is 0 Å². The van der Waals surface area contributed by atoms with Crippen LogP contribution in [0.2, 0.25) is 0 Å². The van der Waals surface area contributed by atoms with Gasteiger partial charge in [-0.15, -0.1) is 4.83 Å². The maximum absolute atomic E-state index is 13.6. The second-order valence-corrected chi connectivity index (χ2v) is 6.77. The van der Waals surface area contributed by atoms with Gasteiger partial charge in [-0.3, -0.25) is 14.8 Å². The number of nitrogens with zero attached hydrogens (tertiary/aromatic N) is 2. The molecule has 0 spiro atoms. The molecule has 1 amide bonds. The second kappa shape index (κ2) is 7.02. The molecule has 2 N–H and O–H groups in total. The number of hydrogen-bond donors (Lipinski definition) is 2. The molecule has 0 saturated heterocycles. The van der Waals surface area contributed by atoms with Crippen molar-refractivity contribution in [3.63, 3.8) is 0 Å². The molecule has 26 heavy (non-hydrogen) atoms. The van der Waals surface area contributed by atoms with Crippen LogP contribution in [0, 0.1) is 11.6 Å². The molecule has 0 aliphatic heterocycles. The van der Waals surface area contributed by atoms with Crippen LogP contribution < -0.4 is 10.3 Å². The highest BCUT2D eigenvalue weighted by molar-refractivity contribution is 7.89. The molecule has 3 rings (SSSR count). The number of halogens is 2. The first-order valence-corrected chi connectivity index (χ1v) is 8.72. The summed E-state index contributed by atoms with van der Waals surface area (Å²) in [5.41, 5.74) is 2.67. The summed E-state index contributed by atoms with van der Waals surface area (Å²) in [5, 5.41) is 0. The Bertz CT molecular complexity index is 1050. The number of nitrogens with one attached hydrogen (secondary N) is 2. The summed E-state index contributed by atoms with van der Waals surface area (Å²) in [4.78, 5) is 17.1. The summed E-state index contributed by atoms with van der Waals surface area (Å²) < 4.78 is 52.2. The SMILES string of the molecule is O=C(NNS(=O)(=O)c1ccc(F)cc1F)c1cncn1-c1ccccc1. The Balaban J connectivity index is 1.79. The molecule has 0 unspecified atom stereocenters. The van der Waals surface area contributed by atoms with Crippen LogP contribution in [-0.4, -0.2) is 23.9 Å². The van der Waals surface area contributed by atoms with Gasteiger partial charge in [-0.1, -0.05) is 18.2 Å². The molecule has 0 aliphatic carbocycles. The number of hydrogen-bond acceptors (Lipinski definition) is 4. The van der Waals surface area contributed by atoms with Gasteiger partial charge >= 0.3 is 0 Å². The van der Waals surface area contributed by atoms with Crippen LogP contribution in [0.1, 0.15) is 10.5 Å². The fourth-order valence-electron chi connectivity index (χ4n) is 2.18. The van der Waals surface area contributed by atoms with Crippen LogP contribution in [0.3, 0.4) is 0 Å². The molecule has 0 radical (unpaired) electrons. The maximum Gasteiger partial charge on any atom is 0.284 e. The third kappa shape index (κ3) is 3.60. The summed E-state index contributed by atoms with van der Waals surface area (Å²) in [6, 6.07) is 10.8. The molecule has 1 heterocycles. The minimum atomic E-state index is -4.42. The van der Waals surface area contributed by atoms with E-state index in [1.54, 1.807) is 35.2 Å². The molecule has 0 saturated carbocycles. The minimum absolute atomic E-state index is 0.0541. The molecule has 1 aromatic heterocycles. The Labute approximate surface area is 147 Å². The largest absolute Gasteiger partial charge is 0.295 e. The van der Waals surface area contributed by atoms with Crippen molar-refractivity contribution in [2.24, 2.45) is 0 Å². The quantitative estimate of drug-likeness (QED) is 0.662. The number of hydrazine groups is 1. The summed E-state index contributed by atoms with van der Waals surface area (Å²) in [5.74, 6) is -3.00. The van der Waals surface area contributed by atoms with Crippen molar-refractivity contribution in [3.05, 3.63) is 78.4 Å². The van der Waals surface area contributed by atoms with Crippen molar-refractivity contribution in [1.82, 2.24) is 19.8 Å². The van der Waals surface area contributed by atoms with E-state index >= 15 is 0 Å². The van der Waals surface area contributed by atoms with Gasteiger partial charge in [0.05, 0.1) is 12.5 Å². The van der Waals surface area contributed by atoms with Gasteiger partial charge in [0, 0.05) is 11.8 Å². The smallest absolute Gasteiger partial charge is 0.284 e. The molecule has 0 atom stereocenters. The Kier molecular flexibility index (Phi) is 4.78. The van der Waals surface area contributed by atoms with E-state index in [1.165, 1.54) is 17.1 Å². The summed E-state index contributed by atoms with van der Waals surface area (Å²) >= 11 is 0. The zero-order valence-electron chi connectivity index (χ0n) is 13.1. The molecule has 134 valence electrons. The molecular weight excluding hydrogens is 366 g/mol. The van der Waals surface area contributed by atoms with E-state index in [-0.39, 0.29) is 5.69 Å². The Hall–Kier alpha value is -3.11. The van der Waals surface area contributed by atoms with Crippen molar-refractivity contribution < 1.29 is 22.0 Å². The van der Waals surface area contributed by atoms with Gasteiger partial charge < -0.3 is 0 Å². The predicted octanol–water partition coefficient (Wildman–Crippen LogP) is 1.77. The highest BCUT2D eigenvalue weighted by Gasteiger charge is 2.21. The average Bonchev–Trinajstić information content (AvgIpc) is 3.10. The third-order valence-corrected chi connectivity index (χ3v) is 4.67. The van der Waals surface area contributed by atoms with E-state index in [1.807, 2.05) is 5.43 Å². The predicted molar refractivity (Wildman–Crippen MR) is 87.7 cm³/mol. The van der Waals surface area contributed by atoms with Crippen LogP contribution in [0.25, 0.3) is 5.69 Å². The lowest BCUT2D eigenvalue weighted by Gasteiger charge is -2.11. The standard InChI is InChI=1S/C16H12F2N4O3S/c17-11-6-7-15(13(18)8-11)26(24,25)21-20-16(23)14-9-19-10-22(14)12-4-2-1-3-5-12/h1-10,21H,(H,20,23). The fraction of sp³-hybridized carbons (Fsp3) is 0. The number of para-hydroxylation sites is 1. The Morgan fingerprint density at radius 2 is 1.81 bits per heavy atom. The average molecular weight is 378 g/mol. The number of amides is 1. The molecule has 0 fully saturated rings. The zero-order chi connectivity index (χ0) is 18.7. The van der Waals surface area contributed by atoms with Gasteiger partial charge in [-0.25, -0.2) is 22.2 Å². The monoisotopic (exact) mass is 378 g/mol. The molecule has 0 aliphatic rings. The second-order valence-electron chi connectivity index (χ2n) is 5.12. The van der Waals surface area contributed by atoms with Crippen LogP contribution in [-0.2, 0) is 10.0 Å². The molecule has 3 aromatic rings. The van der Waals surface area contributed by atoms with E-state index < -0.39 is 32.5 Å². The summed E-state index contributed by atoms with van der Waals surface area (Å²) in [6.07, 6.45) is 2.63. The van der Waals surface area contributed by atoms with Gasteiger partial charge in [-0.2, -0.15) is 0 Å². The first-order valence-electron chi connectivity index (χ1n) is 7.23. The van der Waals surface area contributed by atoms with Gasteiger partial charge in [0.15, 0.2) is 0 Å². The van der Waals surface area contributed by atoms with Crippen LogP contribution in [0.4, 0.5) is 8.78 Å². The number of imidazole rings is 1. The molecule has 10 heteroatoms. The summed E-state index contributed by atoms with van der Waals surface area (Å²) in [7, 11) is -4.42. The first-order chi connectivity index (χ1) is 12.4. The fourth-order valence-corrected chi connectivity index (χ4v) is 3.08. The lowest BCUT2D eigenvalue weighted by atomic mass is 10.3. The molecular formula is C16H12F2N4O3S. The zero-order valence-corrected chi connectivity index (χ0v) is 13.9. The van der Waals surface area contributed by atoms with Gasteiger partial charge in [-0.05, 0) is 24.3 Å². The number of rotatable bonds is 5. The van der Waals surface area contributed by atoms with Crippen molar-refractivity contribution in [2.75, 3.05) is 0 Å². The van der Waals surface area contributed by atoms with Crippen LogP contribution >= 0.6 is 0 Å². The van der Waals surface area contributed by atoms with Crippen molar-refractivity contribution >= 4 is 15.9 Å². The topological polar surface area (TPSA) is 93.1 Å². The molecule has 2 aromatic carbocycles. The van der Waals surface area contributed by atoms with E-state index in [9.17, 15) is 22.0 Å². The first kappa shape index (κ1) is 17.7. The Morgan fingerprint density at radius 3 is 2.50 bits per heavy atom. The van der Waals surface area contributed by atoms with Crippen molar-refractivity contribution in [2.45, 2.75) is 4.90 Å². The van der Waals surface area contributed by atoms with E-state index in [0.29, 0.717) is 11.8 Å². The van der Waals surface area contributed by atoms with E-state index in [4.69, 9.17) is 0 Å². The van der Waals surface area contributed by atoms with Gasteiger partial charge in [0.1, 0.15) is 22.2 Å². The number of benzene rings is 2. The Morgan fingerprint density at radius 1 is 1.08 bits per heavy atom. The molecule has 7 nitrogen and oxygen atoms in total. The highest BCUT2D eigenvalue weighted by atomic mass is 32.2. The lowest BCUT2D eigenvalue weighted by molar-refractivity contribution is 0.0938. The van der Waals surface area contributed by atoms with Crippen molar-refractivity contribution in [1.29, 1.82) is 0 Å². The van der Waals surface area contributed by atoms with Gasteiger partial charge in [0.2, 0.25) is 0 Å². The van der Waals surface area contributed by atoms with E-state index in [0.717, 1.165) is 12.1 Å².